The van der Waals surface area contributed by atoms with Crippen LogP contribution in [0.5, 0.6) is 0 Å². The Labute approximate surface area is 405 Å². The first kappa shape index (κ1) is 41.0. The van der Waals surface area contributed by atoms with Gasteiger partial charge in [0, 0.05) is 50.4 Å². The van der Waals surface area contributed by atoms with Crippen molar-refractivity contribution in [1.29, 1.82) is 0 Å². The van der Waals surface area contributed by atoms with Crippen LogP contribution in [-0.4, -0.2) is 4.57 Å². The number of aromatic nitrogens is 1. The van der Waals surface area contributed by atoms with Crippen LogP contribution in [0.15, 0.2) is 224 Å². The van der Waals surface area contributed by atoms with E-state index >= 15 is 0 Å². The molecule has 0 saturated heterocycles. The van der Waals surface area contributed by atoms with Crippen molar-refractivity contribution >= 4 is 72.8 Å². The number of anilines is 3. The second-order valence-corrected chi connectivity index (χ2v) is 19.5. The smallest absolute Gasteiger partial charge is 0.0579 e. The Morgan fingerprint density at radius 3 is 2.04 bits per heavy atom. The molecule has 1 aromatic heterocycles. The summed E-state index contributed by atoms with van der Waals surface area (Å²) in [5.74, 6) is 0.315. The zero-order valence-corrected chi connectivity index (χ0v) is 39.1. The lowest BCUT2D eigenvalue weighted by molar-refractivity contribution is 0.625. The van der Waals surface area contributed by atoms with Crippen molar-refractivity contribution < 1.29 is 0 Å². The minimum absolute atomic E-state index is 0.191. The van der Waals surface area contributed by atoms with Crippen LogP contribution >= 0.6 is 0 Å². The lowest BCUT2D eigenvalue weighted by atomic mass is 9.74. The number of hydrogen-bond acceptors (Lipinski definition) is 1. The lowest BCUT2D eigenvalue weighted by Crippen LogP contribution is -2.27. The third-order valence-corrected chi connectivity index (χ3v) is 15.2. The van der Waals surface area contributed by atoms with Crippen LogP contribution in [0.25, 0.3) is 72.6 Å². The molecule has 0 saturated carbocycles. The van der Waals surface area contributed by atoms with Gasteiger partial charge in [0.1, 0.15) is 0 Å². The summed E-state index contributed by atoms with van der Waals surface area (Å²) in [6, 6.07) is 74.2. The first-order valence-electron chi connectivity index (χ1n) is 24.6. The molecule has 2 nitrogen and oxygen atoms in total. The molecule has 0 fully saturated rings. The van der Waals surface area contributed by atoms with Crippen LogP contribution in [0.2, 0.25) is 0 Å². The number of benzene rings is 9. The summed E-state index contributed by atoms with van der Waals surface area (Å²) < 4.78 is 2.61. The van der Waals surface area contributed by atoms with Crippen LogP contribution in [-0.2, 0) is 11.8 Å². The quantitative estimate of drug-likeness (QED) is 0.138. The van der Waals surface area contributed by atoms with Crippen LogP contribution in [0.4, 0.5) is 17.1 Å². The molecule has 10 aromatic rings. The maximum atomic E-state index is 2.61. The Bertz CT molecular complexity index is 3750. The third-order valence-electron chi connectivity index (χ3n) is 15.2. The molecule has 0 radical (unpaired) electrons. The molecule has 2 heteroatoms. The molecule has 3 aliphatic rings. The van der Waals surface area contributed by atoms with Gasteiger partial charge < -0.3 is 9.47 Å². The van der Waals surface area contributed by atoms with Gasteiger partial charge in [-0.3, -0.25) is 0 Å². The predicted molar refractivity (Wildman–Crippen MR) is 294 cm³/mol. The van der Waals surface area contributed by atoms with Gasteiger partial charge in [0.25, 0.3) is 0 Å². The summed E-state index contributed by atoms with van der Waals surface area (Å²) in [5, 5.41) is 6.35. The Balaban J connectivity index is 0.918. The van der Waals surface area contributed by atoms with Crippen molar-refractivity contribution in [1.82, 2.24) is 4.57 Å². The van der Waals surface area contributed by atoms with Crippen LogP contribution in [0.1, 0.15) is 65.8 Å². The molecule has 0 bridgehead atoms. The summed E-state index contributed by atoms with van der Waals surface area (Å²) >= 11 is 0. The van der Waals surface area contributed by atoms with Gasteiger partial charge in [0.2, 0.25) is 0 Å². The Morgan fingerprint density at radius 2 is 1.25 bits per heavy atom. The number of allylic oxidation sites excluding steroid dienone is 6. The predicted octanol–water partition coefficient (Wildman–Crippen LogP) is 17.9. The van der Waals surface area contributed by atoms with Crippen molar-refractivity contribution in [3.05, 3.63) is 264 Å². The van der Waals surface area contributed by atoms with Crippen molar-refractivity contribution in [3.8, 4) is 16.8 Å². The molecule has 0 amide bonds. The average molecular weight is 885 g/mol. The van der Waals surface area contributed by atoms with Gasteiger partial charge in [-0.25, -0.2) is 0 Å². The molecular weight excluding hydrogens is 833 g/mol. The van der Waals surface area contributed by atoms with Gasteiger partial charge in [-0.2, -0.15) is 0 Å². The highest BCUT2D eigenvalue weighted by molar-refractivity contribution is 6.04. The highest BCUT2D eigenvalue weighted by Gasteiger charge is 2.37. The van der Waals surface area contributed by atoms with Crippen molar-refractivity contribution in [2.24, 2.45) is 5.92 Å². The van der Waals surface area contributed by atoms with Crippen molar-refractivity contribution in [2.45, 2.75) is 38.5 Å². The van der Waals surface area contributed by atoms with E-state index < -0.39 is 0 Å². The second kappa shape index (κ2) is 16.5. The van der Waals surface area contributed by atoms with Crippen molar-refractivity contribution in [3.63, 3.8) is 0 Å². The topological polar surface area (TPSA) is 8.17 Å². The van der Waals surface area contributed by atoms with Crippen molar-refractivity contribution in [2.75, 3.05) is 4.90 Å². The summed E-state index contributed by atoms with van der Waals surface area (Å²) in [6.45, 7) is 4.83. The Hall–Kier alpha value is -8.20. The molecule has 1 atom stereocenters. The summed E-state index contributed by atoms with van der Waals surface area (Å²) in [6.07, 6.45) is 17.0. The number of para-hydroxylation sites is 2. The fourth-order valence-corrected chi connectivity index (χ4v) is 11.7. The zero-order valence-electron chi connectivity index (χ0n) is 39.1. The maximum absolute atomic E-state index is 2.61. The molecular formula is C67H52N2. The van der Waals surface area contributed by atoms with Crippen LogP contribution in [0, 0.1) is 5.92 Å². The Kier molecular flexibility index (Phi) is 9.83. The highest BCUT2D eigenvalue weighted by Crippen LogP contribution is 2.51. The van der Waals surface area contributed by atoms with E-state index in [4.69, 9.17) is 0 Å². The van der Waals surface area contributed by atoms with Gasteiger partial charge in [0.05, 0.1) is 11.2 Å². The average Bonchev–Trinajstić information content (AvgIpc) is 3.74. The maximum Gasteiger partial charge on any atom is 0.0579 e. The second-order valence-electron chi connectivity index (χ2n) is 19.5. The largest absolute Gasteiger partial charge is 0.312 e. The zero-order chi connectivity index (χ0) is 46.1. The normalized spacial score (nSPS) is 15.8. The molecule has 1 aliphatic heterocycles. The Morgan fingerprint density at radius 1 is 0.565 bits per heavy atom. The van der Waals surface area contributed by atoms with Crippen LogP contribution < -0.4 is 4.90 Å². The molecule has 0 spiro atoms. The lowest BCUT2D eigenvalue weighted by Gasteiger charge is -2.35. The van der Waals surface area contributed by atoms with E-state index in [-0.39, 0.29) is 5.41 Å². The van der Waals surface area contributed by atoms with E-state index in [0.717, 1.165) is 30.6 Å². The van der Waals surface area contributed by atoms with E-state index in [9.17, 15) is 0 Å². The van der Waals surface area contributed by atoms with Gasteiger partial charge in [-0.05, 0) is 146 Å². The third kappa shape index (κ3) is 6.93. The fourth-order valence-electron chi connectivity index (χ4n) is 11.7. The number of rotatable bonds is 8. The molecule has 9 aromatic carbocycles. The molecule has 2 heterocycles. The van der Waals surface area contributed by atoms with E-state index in [1.54, 1.807) is 0 Å². The van der Waals surface area contributed by atoms with E-state index in [1.165, 1.54) is 105 Å². The fraction of sp³-hybridized carbons (Fsp3) is 0.104. The first-order chi connectivity index (χ1) is 34.0. The van der Waals surface area contributed by atoms with Gasteiger partial charge >= 0.3 is 0 Å². The first-order valence-corrected chi connectivity index (χ1v) is 24.6. The molecule has 13 rings (SSSR count). The molecule has 2 aliphatic carbocycles. The van der Waals surface area contributed by atoms with Gasteiger partial charge in [-0.15, -0.1) is 0 Å². The van der Waals surface area contributed by atoms with E-state index in [2.05, 4.69) is 260 Å². The standard InChI is InChI=1S/C67H52N2/c1-67(2)61-28-13-14-29-65(61)69-64-40-37-51(45-31-33-50(34-32-45)58(49-17-5-3-6-18-49)42-52-23-15-21-47-19-9-11-26-56(47)52)41-59(64)60-43-53(44-62(67)66(60)69)46-35-38-55(39-36-46)68(54-24-7-4-8-25-54)63-30-16-22-48-20-10-12-27-57(48)63/h3-17,19-36,38-39,41-44,49H,18,37,40H2,1-2H3. The number of fused-ring (bicyclic) bond motifs is 7. The molecule has 330 valence electrons. The van der Waals surface area contributed by atoms with Gasteiger partial charge in [-0.1, -0.05) is 190 Å². The van der Waals surface area contributed by atoms with Gasteiger partial charge in [0.15, 0.2) is 0 Å². The summed E-state index contributed by atoms with van der Waals surface area (Å²) in [7, 11) is 0. The molecule has 69 heavy (non-hydrogen) atoms. The minimum atomic E-state index is -0.191. The highest BCUT2D eigenvalue weighted by atomic mass is 15.1. The molecule has 1 unspecified atom stereocenters. The van der Waals surface area contributed by atoms with E-state index in [1.807, 2.05) is 0 Å². The summed E-state index contributed by atoms with van der Waals surface area (Å²) in [4.78, 5) is 2.39. The monoisotopic (exact) mass is 884 g/mol. The summed E-state index contributed by atoms with van der Waals surface area (Å²) in [5.41, 5.74) is 20.5. The number of nitrogens with zero attached hydrogens (tertiary/aromatic N) is 2. The SMILES string of the molecule is CC1(C)c2ccccc2-n2c3c(c4cc(-c5ccc(N(c6ccccc6)c6cccc7ccccc67)cc5)cc1c42)C=C(c1ccc(C(=Cc2cccc4ccccc24)C2C=CC=CC2)cc1)CC3. The molecule has 0 N–H and O–H groups in total. The van der Waals surface area contributed by atoms with Crippen LogP contribution in [0.3, 0.4) is 0 Å². The minimum Gasteiger partial charge on any atom is -0.312 e. The number of hydrogen-bond donors (Lipinski definition) is 0. The van der Waals surface area contributed by atoms with E-state index in [0.29, 0.717) is 5.92 Å².